The monoisotopic (exact) mass is 267 g/mol. The van der Waals surface area contributed by atoms with Gasteiger partial charge in [-0.15, -0.1) is 0 Å². The van der Waals surface area contributed by atoms with E-state index in [1.165, 1.54) is 10.8 Å². The second-order valence-corrected chi connectivity index (χ2v) is 5.74. The van der Waals surface area contributed by atoms with E-state index in [0.717, 1.165) is 29.4 Å². The molecule has 0 aliphatic carbocycles. The molecule has 3 aromatic rings. The van der Waals surface area contributed by atoms with Crippen LogP contribution in [0.4, 0.5) is 0 Å². The minimum absolute atomic E-state index is 0.372. The fraction of sp³-hybridized carbons (Fsp3) is 0.333. The first-order valence-electron chi connectivity index (χ1n) is 7.37. The van der Waals surface area contributed by atoms with E-state index in [-0.39, 0.29) is 6.10 Å². The lowest BCUT2D eigenvalue weighted by atomic mass is 9.95. The van der Waals surface area contributed by atoms with Gasteiger partial charge in [0.25, 0.3) is 0 Å². The minimum Gasteiger partial charge on any atom is -0.388 e. The molecule has 0 bridgehead atoms. The van der Waals surface area contributed by atoms with E-state index < -0.39 is 0 Å². The van der Waals surface area contributed by atoms with Gasteiger partial charge >= 0.3 is 0 Å². The second-order valence-electron chi connectivity index (χ2n) is 5.74. The van der Waals surface area contributed by atoms with Gasteiger partial charge < -0.3 is 10.1 Å². The molecular weight excluding hydrogens is 246 g/mol. The molecule has 3 rings (SSSR count). The fourth-order valence-electron chi connectivity index (χ4n) is 2.76. The van der Waals surface area contributed by atoms with Crippen molar-refractivity contribution in [1.29, 1.82) is 0 Å². The number of benzene rings is 2. The predicted octanol–water partition coefficient (Wildman–Crippen LogP) is 4.79. The topological polar surface area (TPSA) is 36.0 Å². The molecular formula is C18H21NO. The first-order valence-corrected chi connectivity index (χ1v) is 7.37. The zero-order chi connectivity index (χ0) is 14.1. The number of hydrogen-bond donors (Lipinski definition) is 2. The summed E-state index contributed by atoms with van der Waals surface area (Å²) in [5.74, 6) is 0.545. The number of aliphatic hydroxyl groups is 1. The highest BCUT2D eigenvalue weighted by Crippen LogP contribution is 2.30. The summed E-state index contributed by atoms with van der Waals surface area (Å²) in [6.45, 7) is 4.35. The van der Waals surface area contributed by atoms with Gasteiger partial charge in [0, 0.05) is 21.8 Å². The Hall–Kier alpha value is -1.80. The maximum absolute atomic E-state index is 10.4. The maximum atomic E-state index is 10.4. The third-order valence-corrected chi connectivity index (χ3v) is 4.24. The Morgan fingerprint density at radius 2 is 1.80 bits per heavy atom. The predicted molar refractivity (Wildman–Crippen MR) is 84.8 cm³/mol. The van der Waals surface area contributed by atoms with Crippen LogP contribution in [0.15, 0.2) is 42.5 Å². The second kappa shape index (κ2) is 5.29. The first kappa shape index (κ1) is 13.2. The molecule has 104 valence electrons. The molecule has 0 aliphatic rings. The summed E-state index contributed by atoms with van der Waals surface area (Å²) in [5, 5.41) is 12.8. The SMILES string of the molecule is CCC(C)CC(O)c1ccc2[nH]c3ccccc3c2c1. The van der Waals surface area contributed by atoms with E-state index in [2.05, 4.69) is 49.2 Å². The van der Waals surface area contributed by atoms with E-state index in [9.17, 15) is 5.11 Å². The standard InChI is InChI=1S/C18H21NO/c1-3-12(2)10-18(20)13-8-9-17-15(11-13)14-6-4-5-7-16(14)19-17/h4-9,11-12,18-20H,3,10H2,1-2H3. The molecule has 0 amide bonds. The molecule has 2 nitrogen and oxygen atoms in total. The van der Waals surface area contributed by atoms with Gasteiger partial charge in [0.1, 0.15) is 0 Å². The van der Waals surface area contributed by atoms with E-state index in [4.69, 9.17) is 0 Å². The lowest BCUT2D eigenvalue weighted by Gasteiger charge is -2.15. The summed E-state index contributed by atoms with van der Waals surface area (Å²) in [6.07, 6.45) is 1.56. The van der Waals surface area contributed by atoms with Crippen LogP contribution in [0.1, 0.15) is 38.4 Å². The molecule has 0 radical (unpaired) electrons. The van der Waals surface area contributed by atoms with E-state index in [1.807, 2.05) is 12.1 Å². The molecule has 0 spiro atoms. The van der Waals surface area contributed by atoms with Gasteiger partial charge in [-0.2, -0.15) is 0 Å². The van der Waals surface area contributed by atoms with Gasteiger partial charge in [0.15, 0.2) is 0 Å². The molecule has 2 N–H and O–H groups in total. The van der Waals surface area contributed by atoms with Gasteiger partial charge in [-0.05, 0) is 36.1 Å². The normalized spacial score (nSPS) is 14.8. The van der Waals surface area contributed by atoms with Crippen LogP contribution in [-0.4, -0.2) is 10.1 Å². The molecule has 0 fully saturated rings. The highest BCUT2D eigenvalue weighted by atomic mass is 16.3. The Kier molecular flexibility index (Phi) is 3.49. The van der Waals surface area contributed by atoms with Crippen molar-refractivity contribution < 1.29 is 5.11 Å². The van der Waals surface area contributed by atoms with Crippen LogP contribution >= 0.6 is 0 Å². The summed E-state index contributed by atoms with van der Waals surface area (Å²) in [7, 11) is 0. The number of hydrogen-bond acceptors (Lipinski definition) is 1. The van der Waals surface area contributed by atoms with Crippen LogP contribution in [0.2, 0.25) is 0 Å². The third-order valence-electron chi connectivity index (χ3n) is 4.24. The lowest BCUT2D eigenvalue weighted by Crippen LogP contribution is -2.03. The Bertz CT molecular complexity index is 728. The highest BCUT2D eigenvalue weighted by molar-refractivity contribution is 6.07. The van der Waals surface area contributed by atoms with Crippen molar-refractivity contribution in [2.45, 2.75) is 32.8 Å². The van der Waals surface area contributed by atoms with Crippen molar-refractivity contribution >= 4 is 21.8 Å². The third kappa shape index (κ3) is 2.32. The quantitative estimate of drug-likeness (QED) is 0.700. The van der Waals surface area contributed by atoms with Crippen LogP contribution < -0.4 is 0 Å². The highest BCUT2D eigenvalue weighted by Gasteiger charge is 2.13. The number of para-hydroxylation sites is 1. The number of rotatable bonds is 4. The Balaban J connectivity index is 2.03. The van der Waals surface area contributed by atoms with Crippen LogP contribution in [0.5, 0.6) is 0 Å². The molecule has 0 saturated heterocycles. The van der Waals surface area contributed by atoms with Crippen molar-refractivity contribution in [2.24, 2.45) is 5.92 Å². The number of aromatic amines is 1. The maximum Gasteiger partial charge on any atom is 0.0792 e. The van der Waals surface area contributed by atoms with Crippen molar-refractivity contribution in [1.82, 2.24) is 4.98 Å². The Labute approximate surface area is 119 Å². The van der Waals surface area contributed by atoms with E-state index >= 15 is 0 Å². The van der Waals surface area contributed by atoms with Crippen molar-refractivity contribution in [3.05, 3.63) is 48.0 Å². The molecule has 2 aromatic carbocycles. The molecule has 20 heavy (non-hydrogen) atoms. The van der Waals surface area contributed by atoms with Gasteiger partial charge in [-0.25, -0.2) is 0 Å². The van der Waals surface area contributed by atoms with Gasteiger partial charge in [-0.3, -0.25) is 0 Å². The molecule has 1 aromatic heterocycles. The minimum atomic E-state index is -0.372. The smallest absolute Gasteiger partial charge is 0.0792 e. The van der Waals surface area contributed by atoms with Crippen LogP contribution in [0.3, 0.4) is 0 Å². The molecule has 1 heterocycles. The van der Waals surface area contributed by atoms with Crippen LogP contribution in [-0.2, 0) is 0 Å². The molecule has 0 aliphatic heterocycles. The molecule has 2 atom stereocenters. The fourth-order valence-corrected chi connectivity index (χ4v) is 2.76. The average Bonchev–Trinajstić information content (AvgIpc) is 2.84. The Morgan fingerprint density at radius 3 is 2.60 bits per heavy atom. The van der Waals surface area contributed by atoms with Crippen molar-refractivity contribution in [3.8, 4) is 0 Å². The molecule has 0 saturated carbocycles. The summed E-state index contributed by atoms with van der Waals surface area (Å²) < 4.78 is 0. The van der Waals surface area contributed by atoms with E-state index in [1.54, 1.807) is 0 Å². The van der Waals surface area contributed by atoms with Crippen molar-refractivity contribution in [3.63, 3.8) is 0 Å². The zero-order valence-corrected chi connectivity index (χ0v) is 12.1. The first-order chi connectivity index (χ1) is 9.69. The number of aliphatic hydroxyl groups excluding tert-OH is 1. The zero-order valence-electron chi connectivity index (χ0n) is 12.1. The van der Waals surface area contributed by atoms with E-state index in [0.29, 0.717) is 5.92 Å². The van der Waals surface area contributed by atoms with Gasteiger partial charge in [0.05, 0.1) is 6.10 Å². The van der Waals surface area contributed by atoms with Gasteiger partial charge in [0.2, 0.25) is 0 Å². The van der Waals surface area contributed by atoms with Gasteiger partial charge in [-0.1, -0.05) is 44.5 Å². The number of aromatic nitrogens is 1. The largest absolute Gasteiger partial charge is 0.388 e. The summed E-state index contributed by atoms with van der Waals surface area (Å²) in [6, 6.07) is 14.5. The molecule has 2 unspecified atom stereocenters. The number of nitrogens with one attached hydrogen (secondary N) is 1. The summed E-state index contributed by atoms with van der Waals surface area (Å²) >= 11 is 0. The number of fused-ring (bicyclic) bond motifs is 3. The lowest BCUT2D eigenvalue weighted by molar-refractivity contribution is 0.146. The van der Waals surface area contributed by atoms with Crippen molar-refractivity contribution in [2.75, 3.05) is 0 Å². The number of H-pyrrole nitrogens is 1. The Morgan fingerprint density at radius 1 is 1.05 bits per heavy atom. The van der Waals surface area contributed by atoms with Crippen LogP contribution in [0.25, 0.3) is 21.8 Å². The molecule has 2 heteroatoms. The summed E-state index contributed by atoms with van der Waals surface area (Å²) in [5.41, 5.74) is 3.30. The average molecular weight is 267 g/mol. The summed E-state index contributed by atoms with van der Waals surface area (Å²) in [4.78, 5) is 3.41. The van der Waals surface area contributed by atoms with Crippen LogP contribution in [0, 0.1) is 5.92 Å².